The maximum atomic E-state index is 13.1. The molecule has 8 N–H and O–H groups in total. The van der Waals surface area contributed by atoms with Crippen molar-refractivity contribution in [3.05, 3.63) is 114 Å². The number of hydrogen-bond donors (Lipinski definition) is 8. The molecule has 0 unspecified atom stereocenters. The molecule has 6 aromatic carbocycles. The number of anilines is 5. The highest BCUT2D eigenvalue weighted by molar-refractivity contribution is 7.94. The molecule has 0 spiro atoms. The molecule has 1 heterocycles. The van der Waals surface area contributed by atoms with Crippen LogP contribution in [-0.2, 0) is 53.0 Å². The van der Waals surface area contributed by atoms with E-state index in [1.54, 1.807) is 18.2 Å². The number of carbonyl (C=O) groups is 1. The highest BCUT2D eigenvalue weighted by Crippen LogP contribution is 2.45. The number of amides is 1. The summed E-state index contributed by atoms with van der Waals surface area (Å²) in [7, 11) is -13.8. The normalized spacial score (nSPS) is 12.2. The van der Waals surface area contributed by atoms with Crippen LogP contribution in [0.4, 0.5) is 40.3 Å². The van der Waals surface area contributed by atoms with Gasteiger partial charge in [-0.1, -0.05) is 34.3 Å². The third-order valence-electron chi connectivity index (χ3n) is 9.21. The lowest BCUT2D eigenvalue weighted by Gasteiger charge is -2.12. The fourth-order valence-electron chi connectivity index (χ4n) is 6.33. The predicted octanol–water partition coefficient (Wildman–Crippen LogP) is 8.39. The molecule has 69 heavy (non-hydrogen) atoms. The molecule has 0 aliphatic heterocycles. The number of sulfone groups is 1. The van der Waals surface area contributed by atoms with Gasteiger partial charge in [0, 0.05) is 38.8 Å². The van der Waals surface area contributed by atoms with Crippen LogP contribution < -0.4 is 16.0 Å². The molecule has 1 aromatic heterocycles. The first-order valence-corrected chi connectivity index (χ1v) is 25.0. The standard InChI is InChI=1S/C38H29ClN8O17S5/c39-36-43-37(41-22-9-7-20(8-10-22)35(49)40-23-3-1-4-25(19-23)67(52,53)16-15-60-66-64-62-51)45-38(44-36)42-24-11-12-26-21(17-24)18-30(65-63-61-50)32(33(26)48)47-46-29-14-13-27-28(34(29)69(57,58)59)5-2-6-31(27)68(54,55)56/h1-14,17-19,48,50-51H,15-16H2,(H,40,49)(H,54,55,56)(H,57,58,59)(H2,41,42,43,44,45). The van der Waals surface area contributed by atoms with Gasteiger partial charge in [0.1, 0.15) is 21.2 Å². The van der Waals surface area contributed by atoms with E-state index < -0.39 is 63.0 Å². The van der Waals surface area contributed by atoms with E-state index in [0.717, 1.165) is 24.3 Å². The minimum absolute atomic E-state index is 0.0123. The lowest BCUT2D eigenvalue weighted by molar-refractivity contribution is -0.434. The summed E-state index contributed by atoms with van der Waals surface area (Å²) in [5, 5.41) is 51.7. The van der Waals surface area contributed by atoms with E-state index in [-0.39, 0.29) is 79.0 Å². The molecule has 0 fully saturated rings. The summed E-state index contributed by atoms with van der Waals surface area (Å²) in [5.41, 5.74) is 0.384. The lowest BCUT2D eigenvalue weighted by atomic mass is 10.1. The van der Waals surface area contributed by atoms with Gasteiger partial charge in [0.2, 0.25) is 17.2 Å². The van der Waals surface area contributed by atoms with Crippen molar-refractivity contribution < 1.29 is 77.7 Å². The second-order valence-electron chi connectivity index (χ2n) is 13.6. The second kappa shape index (κ2) is 21.6. The van der Waals surface area contributed by atoms with Gasteiger partial charge in [-0.3, -0.25) is 18.1 Å². The third kappa shape index (κ3) is 12.5. The van der Waals surface area contributed by atoms with Crippen molar-refractivity contribution in [2.24, 2.45) is 10.2 Å². The minimum atomic E-state index is -5.12. The molecule has 25 nitrogen and oxygen atoms in total. The summed E-state index contributed by atoms with van der Waals surface area (Å²) in [4.78, 5) is 24.0. The molecule has 0 atom stereocenters. The van der Waals surface area contributed by atoms with E-state index in [2.05, 4.69) is 59.9 Å². The van der Waals surface area contributed by atoms with Crippen molar-refractivity contribution >= 4 is 134 Å². The lowest BCUT2D eigenvalue weighted by Crippen LogP contribution is -2.14. The van der Waals surface area contributed by atoms with E-state index in [1.165, 1.54) is 60.7 Å². The summed E-state index contributed by atoms with van der Waals surface area (Å²) in [6, 6.07) is 23.1. The van der Waals surface area contributed by atoms with Gasteiger partial charge in [0.05, 0.1) is 34.2 Å². The zero-order valence-electron chi connectivity index (χ0n) is 34.0. The van der Waals surface area contributed by atoms with E-state index in [1.807, 2.05) is 0 Å². The molecule has 7 aromatic rings. The van der Waals surface area contributed by atoms with Crippen molar-refractivity contribution in [1.82, 2.24) is 15.0 Å². The molecule has 0 radical (unpaired) electrons. The smallest absolute Gasteiger partial charge is 0.297 e. The molecule has 0 saturated heterocycles. The highest BCUT2D eigenvalue weighted by atomic mass is 35.5. The Balaban J connectivity index is 1.07. The summed E-state index contributed by atoms with van der Waals surface area (Å²) >= 11 is 6.84. The summed E-state index contributed by atoms with van der Waals surface area (Å²) in [6.45, 7) is -0.292. The minimum Gasteiger partial charge on any atom is -0.505 e. The number of phenols is 1. The van der Waals surface area contributed by atoms with Gasteiger partial charge in [-0.05, 0) is 95.8 Å². The zero-order valence-corrected chi connectivity index (χ0v) is 38.9. The Morgan fingerprint density at radius 2 is 1.39 bits per heavy atom. The predicted molar refractivity (Wildman–Crippen MR) is 247 cm³/mol. The first-order valence-electron chi connectivity index (χ1n) is 18.7. The Labute approximate surface area is 402 Å². The van der Waals surface area contributed by atoms with E-state index in [0.29, 0.717) is 28.8 Å². The van der Waals surface area contributed by atoms with E-state index >= 15 is 0 Å². The van der Waals surface area contributed by atoms with Crippen molar-refractivity contribution in [3.63, 3.8) is 0 Å². The molecule has 31 heteroatoms. The monoisotopic (exact) mass is 1060 g/mol. The van der Waals surface area contributed by atoms with Crippen LogP contribution in [0, 0.1) is 0 Å². The number of azo groups is 1. The Hall–Kier alpha value is -6.20. The number of nitrogens with one attached hydrogen (secondary N) is 3. The molecule has 0 saturated carbocycles. The fraction of sp³-hybridized carbons (Fsp3) is 0.0526. The number of halogens is 1. The number of hydrogen-bond acceptors (Lipinski definition) is 24. The van der Waals surface area contributed by atoms with Gasteiger partial charge in [0.25, 0.3) is 26.1 Å². The Morgan fingerprint density at radius 3 is 2.09 bits per heavy atom. The topological polar surface area (TPSA) is 366 Å². The van der Waals surface area contributed by atoms with Gasteiger partial charge in [-0.2, -0.15) is 31.8 Å². The largest absolute Gasteiger partial charge is 0.505 e. The Kier molecular flexibility index (Phi) is 15.9. The van der Waals surface area contributed by atoms with Crippen LogP contribution in [0.3, 0.4) is 0 Å². The number of aromatic nitrogens is 3. The van der Waals surface area contributed by atoms with Gasteiger partial charge >= 0.3 is 0 Å². The molecule has 360 valence electrons. The summed E-state index contributed by atoms with van der Waals surface area (Å²) in [5.74, 6) is -1.55. The molecular formula is C38H29ClN8O17S5. The van der Waals surface area contributed by atoms with Crippen molar-refractivity contribution in [1.29, 1.82) is 0 Å². The Bertz CT molecular complexity index is 3470. The SMILES string of the molecule is O=C(Nc1cccc(S(=O)(=O)CCOSOOO)c1)c1ccc(Nc2nc(Cl)nc(Nc3ccc4c(O)c(N=Nc5ccc6c(S(=O)(=O)O)cccc6c5S(=O)(=O)O)c(SOOO)cc4c3)n2)cc1. The molecule has 1 amide bonds. The molecule has 0 bridgehead atoms. The van der Waals surface area contributed by atoms with Crippen LogP contribution in [0.25, 0.3) is 21.5 Å². The summed E-state index contributed by atoms with van der Waals surface area (Å²) in [6.07, 6.45) is 0. The van der Waals surface area contributed by atoms with Crippen LogP contribution in [0.5, 0.6) is 5.75 Å². The fourth-order valence-corrected chi connectivity index (χ4v) is 9.98. The quantitative estimate of drug-likeness (QED) is 0.00886. The van der Waals surface area contributed by atoms with Crippen LogP contribution in [-0.4, -0.2) is 83.2 Å². The van der Waals surface area contributed by atoms with Crippen LogP contribution in [0.15, 0.2) is 133 Å². The number of aromatic hydroxyl groups is 1. The maximum Gasteiger partial charge on any atom is 0.297 e. The van der Waals surface area contributed by atoms with Gasteiger partial charge in [-0.25, -0.2) is 18.9 Å². The maximum absolute atomic E-state index is 13.1. The van der Waals surface area contributed by atoms with E-state index in [9.17, 15) is 44.3 Å². The summed E-state index contributed by atoms with van der Waals surface area (Å²) < 4.78 is 108. The molecule has 0 aliphatic rings. The Morgan fingerprint density at radius 1 is 0.710 bits per heavy atom. The first kappa shape index (κ1) is 50.7. The highest BCUT2D eigenvalue weighted by Gasteiger charge is 2.25. The molecule has 0 aliphatic carbocycles. The van der Waals surface area contributed by atoms with Gasteiger partial charge in [0.15, 0.2) is 27.9 Å². The van der Waals surface area contributed by atoms with Gasteiger partial charge < -0.3 is 21.1 Å². The van der Waals surface area contributed by atoms with Gasteiger partial charge in [-0.15, -0.1) is 18.9 Å². The molecular weight excluding hydrogens is 1040 g/mol. The van der Waals surface area contributed by atoms with Crippen molar-refractivity contribution in [2.75, 3.05) is 28.3 Å². The van der Waals surface area contributed by atoms with E-state index in [4.69, 9.17) is 26.3 Å². The first-order chi connectivity index (χ1) is 32.8. The van der Waals surface area contributed by atoms with Crippen LogP contribution in [0.2, 0.25) is 5.28 Å². The van der Waals surface area contributed by atoms with Crippen LogP contribution in [0.1, 0.15) is 10.4 Å². The van der Waals surface area contributed by atoms with Crippen molar-refractivity contribution in [3.8, 4) is 5.75 Å². The third-order valence-corrected chi connectivity index (χ3v) is 13.9. The average molecular weight is 1070 g/mol. The number of rotatable bonds is 20. The number of nitrogens with zero attached hydrogens (tertiary/aromatic N) is 5. The molecule has 7 rings (SSSR count). The number of fused-ring (bicyclic) bond motifs is 2. The average Bonchev–Trinajstić information content (AvgIpc) is 3.29. The second-order valence-corrected chi connectivity index (χ2v) is 20.0. The number of carbonyl (C=O) groups excluding carboxylic acids is 1. The zero-order chi connectivity index (χ0) is 49.5. The number of phenolic OH excluding ortho intramolecular Hbond substituents is 1. The van der Waals surface area contributed by atoms with Crippen LogP contribution >= 0.6 is 36.0 Å². The number of benzene rings is 6. The van der Waals surface area contributed by atoms with Crippen molar-refractivity contribution in [2.45, 2.75) is 19.6 Å².